The molecule has 0 heterocycles. The molecule has 0 saturated carbocycles. The Bertz CT molecular complexity index is 648. The van der Waals surface area contributed by atoms with Crippen molar-refractivity contribution >= 4 is 5.91 Å². The lowest BCUT2D eigenvalue weighted by molar-refractivity contribution is -0.860. The van der Waals surface area contributed by atoms with Crippen LogP contribution in [0.4, 0.5) is 0 Å². The summed E-state index contributed by atoms with van der Waals surface area (Å²) in [5.74, 6) is 0.626. The van der Waals surface area contributed by atoms with Crippen LogP contribution < -0.4 is 15.0 Å². The summed E-state index contributed by atoms with van der Waals surface area (Å²) in [5, 5.41) is 3.08. The molecule has 1 atom stereocenters. The second-order valence-electron chi connectivity index (χ2n) is 6.55. The molecule has 0 fully saturated rings. The average Bonchev–Trinajstić information content (AvgIpc) is 2.52. The maximum atomic E-state index is 12.3. The number of ether oxygens (including phenoxy) is 1. The van der Waals surface area contributed by atoms with E-state index in [9.17, 15) is 4.79 Å². The normalized spacial score (nSPS) is 12.0. The number of nitrogens with one attached hydrogen (secondary N) is 2. The standard InChI is InChI=1S/C20H26N2O2/c1-15-10-16(2)12-18(11-15)24-14-20(23)21-19(13-22(3)4)17-8-6-5-7-9-17/h5-12,19H,13-14H2,1-4H3,(H,21,23)/p+1/t19-/m1/s1. The van der Waals surface area contributed by atoms with Crippen molar-refractivity contribution in [3.63, 3.8) is 0 Å². The van der Waals surface area contributed by atoms with Crippen molar-refractivity contribution in [3.05, 3.63) is 65.2 Å². The zero-order valence-corrected chi connectivity index (χ0v) is 14.9. The molecule has 2 aromatic rings. The summed E-state index contributed by atoms with van der Waals surface area (Å²) < 4.78 is 5.65. The van der Waals surface area contributed by atoms with Crippen LogP contribution in [0.2, 0.25) is 0 Å². The molecule has 0 spiro atoms. The number of amides is 1. The Kier molecular flexibility index (Phi) is 6.38. The third-order valence-corrected chi connectivity index (χ3v) is 3.71. The smallest absolute Gasteiger partial charge is 0.258 e. The molecule has 0 unspecified atom stereocenters. The molecule has 1 amide bonds. The van der Waals surface area contributed by atoms with E-state index in [4.69, 9.17) is 4.74 Å². The van der Waals surface area contributed by atoms with Crippen molar-refractivity contribution in [3.8, 4) is 5.75 Å². The fourth-order valence-corrected chi connectivity index (χ4v) is 2.75. The molecule has 2 rings (SSSR count). The molecule has 0 saturated heterocycles. The third kappa shape index (κ3) is 5.70. The quantitative estimate of drug-likeness (QED) is 0.813. The predicted molar refractivity (Wildman–Crippen MR) is 96.4 cm³/mol. The first kappa shape index (κ1) is 18.0. The van der Waals surface area contributed by atoms with Gasteiger partial charge in [0, 0.05) is 0 Å². The van der Waals surface area contributed by atoms with Crippen LogP contribution in [-0.4, -0.2) is 33.2 Å². The van der Waals surface area contributed by atoms with Gasteiger partial charge in [-0.05, 0) is 42.7 Å². The van der Waals surface area contributed by atoms with E-state index in [-0.39, 0.29) is 18.6 Å². The summed E-state index contributed by atoms with van der Waals surface area (Å²) in [4.78, 5) is 13.6. The van der Waals surface area contributed by atoms with Gasteiger partial charge in [-0.15, -0.1) is 0 Å². The van der Waals surface area contributed by atoms with Crippen molar-refractivity contribution in [2.75, 3.05) is 27.2 Å². The minimum atomic E-state index is -0.107. The SMILES string of the molecule is Cc1cc(C)cc(OCC(=O)N[C@H](C[NH+](C)C)c2ccccc2)c1. The average molecular weight is 327 g/mol. The maximum Gasteiger partial charge on any atom is 0.258 e. The van der Waals surface area contributed by atoms with Crippen molar-refractivity contribution in [1.29, 1.82) is 0 Å². The second-order valence-corrected chi connectivity index (χ2v) is 6.55. The van der Waals surface area contributed by atoms with Crippen molar-refractivity contribution in [1.82, 2.24) is 5.32 Å². The van der Waals surface area contributed by atoms with Gasteiger partial charge in [-0.1, -0.05) is 36.4 Å². The fourth-order valence-electron chi connectivity index (χ4n) is 2.75. The first-order valence-electron chi connectivity index (χ1n) is 8.28. The van der Waals surface area contributed by atoms with Gasteiger partial charge >= 0.3 is 0 Å². The molecule has 24 heavy (non-hydrogen) atoms. The Balaban J connectivity index is 1.97. The molecular formula is C20H27N2O2+. The van der Waals surface area contributed by atoms with Crippen LogP contribution >= 0.6 is 0 Å². The number of quaternary nitrogens is 1. The summed E-state index contributed by atoms with van der Waals surface area (Å²) in [6.07, 6.45) is 0. The van der Waals surface area contributed by atoms with E-state index in [1.807, 2.05) is 56.3 Å². The lowest BCUT2D eigenvalue weighted by atomic mass is 10.1. The lowest BCUT2D eigenvalue weighted by Crippen LogP contribution is -3.06. The van der Waals surface area contributed by atoms with Crippen LogP contribution in [-0.2, 0) is 4.79 Å². The Morgan fingerprint density at radius 1 is 1.08 bits per heavy atom. The maximum absolute atomic E-state index is 12.3. The van der Waals surface area contributed by atoms with E-state index in [1.165, 1.54) is 4.90 Å². The predicted octanol–water partition coefficient (Wildman–Crippen LogP) is 1.68. The monoisotopic (exact) mass is 327 g/mol. The highest BCUT2D eigenvalue weighted by Gasteiger charge is 2.17. The Morgan fingerprint density at radius 2 is 1.71 bits per heavy atom. The van der Waals surface area contributed by atoms with E-state index < -0.39 is 0 Å². The van der Waals surface area contributed by atoms with E-state index in [2.05, 4.69) is 25.5 Å². The molecule has 4 nitrogen and oxygen atoms in total. The van der Waals surface area contributed by atoms with Gasteiger partial charge in [-0.3, -0.25) is 4.79 Å². The summed E-state index contributed by atoms with van der Waals surface area (Å²) in [6.45, 7) is 4.88. The largest absolute Gasteiger partial charge is 0.484 e. The number of carbonyl (C=O) groups excluding carboxylic acids is 1. The summed E-state index contributed by atoms with van der Waals surface area (Å²) in [5.41, 5.74) is 3.37. The topological polar surface area (TPSA) is 42.8 Å². The van der Waals surface area contributed by atoms with Gasteiger partial charge in [-0.2, -0.15) is 0 Å². The van der Waals surface area contributed by atoms with Crippen LogP contribution in [0.3, 0.4) is 0 Å². The first-order valence-corrected chi connectivity index (χ1v) is 8.28. The van der Waals surface area contributed by atoms with Gasteiger partial charge in [0.2, 0.25) is 0 Å². The van der Waals surface area contributed by atoms with E-state index in [0.717, 1.165) is 29.0 Å². The molecule has 0 bridgehead atoms. The zero-order chi connectivity index (χ0) is 17.5. The van der Waals surface area contributed by atoms with Crippen molar-refractivity contribution in [2.24, 2.45) is 0 Å². The molecular weight excluding hydrogens is 300 g/mol. The van der Waals surface area contributed by atoms with Gasteiger partial charge in [0.25, 0.3) is 5.91 Å². The Hall–Kier alpha value is -2.33. The van der Waals surface area contributed by atoms with Crippen LogP contribution in [0, 0.1) is 13.8 Å². The summed E-state index contributed by atoms with van der Waals surface area (Å²) in [7, 11) is 4.15. The highest BCUT2D eigenvalue weighted by atomic mass is 16.5. The first-order chi connectivity index (χ1) is 11.4. The highest BCUT2D eigenvalue weighted by molar-refractivity contribution is 5.78. The molecule has 0 radical (unpaired) electrons. The molecule has 0 aliphatic rings. The van der Waals surface area contributed by atoms with E-state index in [0.29, 0.717) is 0 Å². The highest BCUT2D eigenvalue weighted by Crippen LogP contribution is 2.16. The second kappa shape index (κ2) is 8.50. The van der Waals surface area contributed by atoms with Gasteiger partial charge in [-0.25, -0.2) is 0 Å². The van der Waals surface area contributed by atoms with E-state index in [1.54, 1.807) is 0 Å². The Labute approximate surface area is 144 Å². The zero-order valence-electron chi connectivity index (χ0n) is 14.9. The molecule has 2 N–H and O–H groups in total. The fraction of sp³-hybridized carbons (Fsp3) is 0.350. The number of carbonyl (C=O) groups is 1. The molecule has 4 heteroatoms. The summed E-state index contributed by atoms with van der Waals surface area (Å²) >= 11 is 0. The van der Waals surface area contributed by atoms with Gasteiger partial charge in [0.05, 0.1) is 14.1 Å². The van der Waals surface area contributed by atoms with Crippen LogP contribution in [0.15, 0.2) is 48.5 Å². The van der Waals surface area contributed by atoms with Gasteiger partial charge in [0.1, 0.15) is 18.3 Å². The van der Waals surface area contributed by atoms with Crippen molar-refractivity contribution in [2.45, 2.75) is 19.9 Å². The van der Waals surface area contributed by atoms with Crippen LogP contribution in [0.25, 0.3) is 0 Å². The molecule has 2 aromatic carbocycles. The van der Waals surface area contributed by atoms with E-state index >= 15 is 0 Å². The molecule has 0 aliphatic carbocycles. The number of benzene rings is 2. The van der Waals surface area contributed by atoms with Crippen LogP contribution in [0.1, 0.15) is 22.7 Å². The molecule has 128 valence electrons. The number of rotatable bonds is 7. The number of hydrogen-bond donors (Lipinski definition) is 2. The summed E-state index contributed by atoms with van der Waals surface area (Å²) in [6, 6.07) is 16.0. The Morgan fingerprint density at radius 3 is 2.29 bits per heavy atom. The lowest BCUT2D eigenvalue weighted by Gasteiger charge is -2.21. The molecule has 0 aromatic heterocycles. The van der Waals surface area contributed by atoms with Gasteiger partial charge < -0.3 is 15.0 Å². The minimum Gasteiger partial charge on any atom is -0.484 e. The molecule has 0 aliphatic heterocycles. The third-order valence-electron chi connectivity index (χ3n) is 3.71. The van der Waals surface area contributed by atoms with Crippen LogP contribution in [0.5, 0.6) is 5.75 Å². The number of hydrogen-bond acceptors (Lipinski definition) is 2. The minimum absolute atomic E-state index is 0.0217. The number of likely N-dealkylation sites (N-methyl/N-ethyl adjacent to an activating group) is 1. The van der Waals surface area contributed by atoms with Gasteiger partial charge in [0.15, 0.2) is 6.61 Å². The van der Waals surface area contributed by atoms with Crippen molar-refractivity contribution < 1.29 is 14.4 Å². The number of aryl methyl sites for hydroxylation is 2.